The molecule has 0 bridgehead atoms. The Labute approximate surface area is 104 Å². The molecule has 1 rings (SSSR count). The molecule has 2 heteroatoms. The van der Waals surface area contributed by atoms with E-state index < -0.39 is 5.97 Å². The first-order valence-electron chi connectivity index (χ1n) is 5.89. The van der Waals surface area contributed by atoms with Crippen LogP contribution in [0.15, 0.2) is 23.8 Å². The third-order valence-electron chi connectivity index (χ3n) is 3.35. The zero-order valence-electron chi connectivity index (χ0n) is 11.1. The Morgan fingerprint density at radius 3 is 2.76 bits per heavy atom. The second-order valence-corrected chi connectivity index (χ2v) is 4.99. The van der Waals surface area contributed by atoms with Gasteiger partial charge >= 0.3 is 5.97 Å². The van der Waals surface area contributed by atoms with Gasteiger partial charge in [0.15, 0.2) is 0 Å². The molecule has 0 fully saturated rings. The van der Waals surface area contributed by atoms with Crippen LogP contribution in [0.2, 0.25) is 0 Å². The lowest BCUT2D eigenvalue weighted by Crippen LogP contribution is -2.30. The van der Waals surface area contributed by atoms with Gasteiger partial charge in [0.1, 0.15) is 6.10 Å². The summed E-state index contributed by atoms with van der Waals surface area (Å²) in [5.41, 5.74) is 2.40. The van der Waals surface area contributed by atoms with E-state index in [-0.39, 0.29) is 11.5 Å². The molecule has 92 valence electrons. The third-order valence-corrected chi connectivity index (χ3v) is 3.35. The SMILES string of the molecule is C=CC1=C(C)[C@H](OC(=O)C#CC)CCC1(C)C. The number of hydrogen-bond acceptors (Lipinski definition) is 2. The van der Waals surface area contributed by atoms with Crippen LogP contribution >= 0.6 is 0 Å². The van der Waals surface area contributed by atoms with Crippen molar-refractivity contribution >= 4 is 5.97 Å². The molecule has 0 amide bonds. The Morgan fingerprint density at radius 1 is 1.59 bits per heavy atom. The van der Waals surface area contributed by atoms with Crippen molar-refractivity contribution in [2.45, 2.75) is 46.6 Å². The quantitative estimate of drug-likeness (QED) is 0.415. The molecule has 1 atom stereocenters. The van der Waals surface area contributed by atoms with Gasteiger partial charge in [-0.3, -0.25) is 0 Å². The van der Waals surface area contributed by atoms with Crippen molar-refractivity contribution in [1.29, 1.82) is 0 Å². The zero-order chi connectivity index (χ0) is 13.1. The maximum absolute atomic E-state index is 11.4. The Hall–Kier alpha value is -1.49. The number of carbonyl (C=O) groups is 1. The van der Waals surface area contributed by atoms with Crippen molar-refractivity contribution in [3.8, 4) is 11.8 Å². The number of rotatable bonds is 2. The average Bonchev–Trinajstić information content (AvgIpc) is 2.23. The van der Waals surface area contributed by atoms with E-state index in [1.165, 1.54) is 5.57 Å². The first-order valence-corrected chi connectivity index (χ1v) is 5.89. The van der Waals surface area contributed by atoms with Crippen molar-refractivity contribution < 1.29 is 9.53 Å². The normalized spacial score (nSPS) is 22.5. The Morgan fingerprint density at radius 2 is 2.24 bits per heavy atom. The van der Waals surface area contributed by atoms with Crippen LogP contribution in [0.4, 0.5) is 0 Å². The van der Waals surface area contributed by atoms with Gasteiger partial charge in [-0.15, -0.1) is 0 Å². The van der Waals surface area contributed by atoms with E-state index in [1.54, 1.807) is 6.92 Å². The molecule has 17 heavy (non-hydrogen) atoms. The number of ether oxygens (including phenoxy) is 1. The standard InChI is InChI=1S/C15H20O2/c1-6-8-14(16)17-13-9-10-15(4,5)12(7-2)11(13)3/h7,13H,2,9-10H2,1,3-5H3/t13-/m1/s1. The minimum atomic E-state index is -0.444. The molecule has 0 aromatic carbocycles. The molecule has 0 unspecified atom stereocenters. The smallest absolute Gasteiger partial charge is 0.384 e. The van der Waals surface area contributed by atoms with Crippen molar-refractivity contribution in [3.63, 3.8) is 0 Å². The van der Waals surface area contributed by atoms with Crippen LogP contribution in [0.25, 0.3) is 0 Å². The fourth-order valence-electron chi connectivity index (χ4n) is 2.40. The zero-order valence-corrected chi connectivity index (χ0v) is 11.1. The maximum atomic E-state index is 11.4. The summed E-state index contributed by atoms with van der Waals surface area (Å²) in [5.74, 6) is 4.52. The molecule has 0 N–H and O–H groups in total. The van der Waals surface area contributed by atoms with Crippen LogP contribution in [0, 0.1) is 17.3 Å². The maximum Gasteiger partial charge on any atom is 0.384 e. The molecular formula is C15H20O2. The van der Waals surface area contributed by atoms with E-state index in [9.17, 15) is 4.79 Å². The monoisotopic (exact) mass is 232 g/mol. The molecule has 0 radical (unpaired) electrons. The predicted molar refractivity (Wildman–Crippen MR) is 69.2 cm³/mol. The second-order valence-electron chi connectivity index (χ2n) is 4.99. The van der Waals surface area contributed by atoms with E-state index in [0.29, 0.717) is 0 Å². The molecule has 0 heterocycles. The summed E-state index contributed by atoms with van der Waals surface area (Å²) >= 11 is 0. The highest BCUT2D eigenvalue weighted by Gasteiger charge is 2.33. The molecule has 2 nitrogen and oxygen atoms in total. The van der Waals surface area contributed by atoms with Crippen LogP contribution in [0.5, 0.6) is 0 Å². The highest BCUT2D eigenvalue weighted by molar-refractivity contribution is 5.88. The lowest BCUT2D eigenvalue weighted by atomic mass is 9.72. The molecular weight excluding hydrogens is 212 g/mol. The van der Waals surface area contributed by atoms with Crippen molar-refractivity contribution in [2.24, 2.45) is 5.41 Å². The van der Waals surface area contributed by atoms with Crippen LogP contribution in [0.1, 0.15) is 40.5 Å². The minimum absolute atomic E-state index is 0.116. The molecule has 1 aliphatic rings. The Bertz CT molecular complexity index is 416. The number of hydrogen-bond donors (Lipinski definition) is 0. The largest absolute Gasteiger partial charge is 0.448 e. The van der Waals surface area contributed by atoms with Gasteiger partial charge in [0, 0.05) is 5.92 Å². The topological polar surface area (TPSA) is 26.3 Å². The Balaban J connectivity index is 2.94. The van der Waals surface area contributed by atoms with Gasteiger partial charge in [-0.05, 0) is 43.3 Å². The summed E-state index contributed by atoms with van der Waals surface area (Å²) in [7, 11) is 0. The fourth-order valence-corrected chi connectivity index (χ4v) is 2.40. The summed E-state index contributed by atoms with van der Waals surface area (Å²) < 4.78 is 5.35. The van der Waals surface area contributed by atoms with Crippen LogP contribution < -0.4 is 0 Å². The lowest BCUT2D eigenvalue weighted by molar-refractivity contribution is -0.141. The molecule has 0 saturated heterocycles. The van der Waals surface area contributed by atoms with E-state index in [4.69, 9.17) is 4.74 Å². The minimum Gasteiger partial charge on any atom is -0.448 e. The average molecular weight is 232 g/mol. The summed E-state index contributed by atoms with van der Waals surface area (Å²) in [6, 6.07) is 0. The molecule has 0 aromatic rings. The van der Waals surface area contributed by atoms with Gasteiger partial charge in [-0.2, -0.15) is 0 Å². The van der Waals surface area contributed by atoms with E-state index in [0.717, 1.165) is 18.4 Å². The van der Waals surface area contributed by atoms with Crippen LogP contribution in [-0.4, -0.2) is 12.1 Å². The van der Waals surface area contributed by atoms with Gasteiger partial charge in [0.05, 0.1) is 0 Å². The molecule has 0 aromatic heterocycles. The van der Waals surface area contributed by atoms with Crippen LogP contribution in [-0.2, 0) is 9.53 Å². The summed E-state index contributed by atoms with van der Waals surface area (Å²) in [6.45, 7) is 11.9. The second kappa shape index (κ2) is 5.23. The molecule has 1 aliphatic carbocycles. The van der Waals surface area contributed by atoms with Crippen LogP contribution in [0.3, 0.4) is 0 Å². The van der Waals surface area contributed by atoms with E-state index >= 15 is 0 Å². The first kappa shape index (κ1) is 13.6. The van der Waals surface area contributed by atoms with E-state index in [2.05, 4.69) is 32.3 Å². The summed E-state index contributed by atoms with van der Waals surface area (Å²) in [5, 5.41) is 0. The van der Waals surface area contributed by atoms with Gasteiger partial charge in [-0.1, -0.05) is 32.4 Å². The van der Waals surface area contributed by atoms with Gasteiger partial charge in [0.25, 0.3) is 0 Å². The number of esters is 1. The molecule has 0 aliphatic heterocycles. The van der Waals surface area contributed by atoms with Crippen molar-refractivity contribution in [1.82, 2.24) is 0 Å². The number of carbonyl (C=O) groups excluding carboxylic acids is 1. The lowest BCUT2D eigenvalue weighted by Gasteiger charge is -2.36. The molecule has 0 spiro atoms. The Kier molecular flexibility index (Phi) is 4.17. The van der Waals surface area contributed by atoms with Gasteiger partial charge < -0.3 is 4.74 Å². The third kappa shape index (κ3) is 3.00. The predicted octanol–water partition coefficient (Wildman–Crippen LogP) is 3.24. The van der Waals surface area contributed by atoms with Gasteiger partial charge in [-0.25, -0.2) is 4.79 Å². The number of allylic oxidation sites excluding steroid dienone is 2. The molecule has 0 saturated carbocycles. The fraction of sp³-hybridized carbons (Fsp3) is 0.533. The highest BCUT2D eigenvalue weighted by atomic mass is 16.5. The first-order chi connectivity index (χ1) is 7.92. The van der Waals surface area contributed by atoms with Gasteiger partial charge in [0.2, 0.25) is 0 Å². The van der Waals surface area contributed by atoms with Crippen molar-refractivity contribution in [3.05, 3.63) is 23.8 Å². The summed E-state index contributed by atoms with van der Waals surface area (Å²) in [6.07, 6.45) is 3.57. The van der Waals surface area contributed by atoms with E-state index in [1.807, 2.05) is 13.0 Å². The van der Waals surface area contributed by atoms with Crippen molar-refractivity contribution in [2.75, 3.05) is 0 Å². The summed E-state index contributed by atoms with van der Waals surface area (Å²) in [4.78, 5) is 11.4. The highest BCUT2D eigenvalue weighted by Crippen LogP contribution is 2.41.